The van der Waals surface area contributed by atoms with Crippen molar-refractivity contribution in [1.29, 1.82) is 0 Å². The Morgan fingerprint density at radius 2 is 1.83 bits per heavy atom. The highest BCUT2D eigenvalue weighted by Gasteiger charge is 2.40. The van der Waals surface area contributed by atoms with Crippen molar-refractivity contribution in [3.8, 4) is 23.7 Å². The first-order valence-corrected chi connectivity index (χ1v) is 8.49. The van der Waals surface area contributed by atoms with Crippen LogP contribution in [-0.4, -0.2) is 23.8 Å². The second-order valence-electron chi connectivity index (χ2n) is 6.24. The molecule has 126 valence electrons. The zero-order valence-electron chi connectivity index (χ0n) is 14.6. The van der Waals surface area contributed by atoms with Gasteiger partial charge in [0.25, 0.3) is 0 Å². The summed E-state index contributed by atoms with van der Waals surface area (Å²) in [5.41, 5.74) is 0. The molecule has 1 aliphatic rings. The first kappa shape index (κ1) is 19.5. The predicted octanol–water partition coefficient (Wildman–Crippen LogP) is 4.02. The predicted molar refractivity (Wildman–Crippen MR) is 92.6 cm³/mol. The number of hydrogen-bond donors (Lipinski definition) is 0. The lowest BCUT2D eigenvalue weighted by Gasteiger charge is -2.16. The Balaban J connectivity index is 2.46. The molecule has 3 nitrogen and oxygen atoms in total. The van der Waals surface area contributed by atoms with Gasteiger partial charge < -0.3 is 9.47 Å². The summed E-state index contributed by atoms with van der Waals surface area (Å²) in [5, 5.41) is 0. The van der Waals surface area contributed by atoms with E-state index in [0.29, 0.717) is 6.42 Å². The summed E-state index contributed by atoms with van der Waals surface area (Å²) in [6, 6.07) is 0. The number of carbonyl (C=O) groups is 1. The van der Waals surface area contributed by atoms with E-state index in [4.69, 9.17) is 9.47 Å². The minimum atomic E-state index is -0.551. The highest BCUT2D eigenvalue weighted by molar-refractivity contribution is 6.04. The summed E-state index contributed by atoms with van der Waals surface area (Å²) in [5.74, 6) is 9.72. The molecule has 1 fully saturated rings. The van der Waals surface area contributed by atoms with Crippen molar-refractivity contribution in [1.82, 2.24) is 0 Å². The Morgan fingerprint density at radius 1 is 1.13 bits per heavy atom. The Morgan fingerprint density at radius 3 is 2.52 bits per heavy atom. The minimum absolute atomic E-state index is 0.0272. The summed E-state index contributed by atoms with van der Waals surface area (Å²) >= 11 is 0. The highest BCUT2D eigenvalue weighted by atomic mass is 16.7. The van der Waals surface area contributed by atoms with Crippen molar-refractivity contribution in [2.45, 2.75) is 83.7 Å². The van der Waals surface area contributed by atoms with E-state index in [1.54, 1.807) is 0 Å². The number of allylic oxidation sites excluding steroid dienone is 1. The van der Waals surface area contributed by atoms with Gasteiger partial charge in [0, 0.05) is 6.42 Å². The first-order valence-electron chi connectivity index (χ1n) is 8.49. The van der Waals surface area contributed by atoms with Crippen molar-refractivity contribution >= 4 is 5.78 Å². The monoisotopic (exact) mass is 316 g/mol. The quantitative estimate of drug-likeness (QED) is 0.294. The van der Waals surface area contributed by atoms with Crippen LogP contribution in [-0.2, 0) is 14.3 Å². The molecule has 0 spiro atoms. The van der Waals surface area contributed by atoms with Gasteiger partial charge in [-0.15, -0.1) is 0 Å². The largest absolute Gasteiger partial charge is 0.345 e. The van der Waals surface area contributed by atoms with Crippen LogP contribution in [0.2, 0.25) is 0 Å². The second kappa shape index (κ2) is 10.3. The molecular formula is C20H28O3. The molecule has 0 aromatic carbocycles. The average Bonchev–Trinajstić information content (AvgIpc) is 2.80. The van der Waals surface area contributed by atoms with Crippen LogP contribution in [0.5, 0.6) is 0 Å². The van der Waals surface area contributed by atoms with Gasteiger partial charge in [0.15, 0.2) is 5.79 Å². The maximum absolute atomic E-state index is 11.0. The number of ether oxygens (including phenoxy) is 2. The van der Waals surface area contributed by atoms with Crippen LogP contribution in [0.4, 0.5) is 0 Å². The molecule has 0 bridgehead atoms. The van der Waals surface area contributed by atoms with Gasteiger partial charge in [-0.05, 0) is 44.1 Å². The van der Waals surface area contributed by atoms with Gasteiger partial charge in [-0.1, -0.05) is 51.5 Å². The lowest BCUT2D eigenvalue weighted by atomic mass is 10.0. The lowest BCUT2D eigenvalue weighted by molar-refractivity contribution is -0.146. The van der Waals surface area contributed by atoms with E-state index in [0.717, 1.165) is 12.8 Å². The van der Waals surface area contributed by atoms with Crippen LogP contribution in [0.15, 0.2) is 12.7 Å². The molecule has 0 amide bonds. The summed E-state index contributed by atoms with van der Waals surface area (Å²) < 4.78 is 11.9. The Labute approximate surface area is 140 Å². The zero-order chi connectivity index (χ0) is 17.1. The topological polar surface area (TPSA) is 35.5 Å². The van der Waals surface area contributed by atoms with E-state index in [1.165, 1.54) is 31.8 Å². The van der Waals surface area contributed by atoms with Crippen molar-refractivity contribution < 1.29 is 14.3 Å². The molecule has 1 aliphatic heterocycles. The summed E-state index contributed by atoms with van der Waals surface area (Å²) in [4.78, 5) is 11.0. The number of unbranched alkanes of at least 4 members (excludes halogenated alkanes) is 4. The molecule has 0 aromatic heterocycles. The molecule has 1 rings (SSSR count). The molecule has 1 heterocycles. The van der Waals surface area contributed by atoms with Gasteiger partial charge in [-0.2, -0.15) is 0 Å². The Kier molecular flexibility index (Phi) is 8.70. The first-order chi connectivity index (χ1) is 11.0. The molecule has 1 saturated heterocycles. The van der Waals surface area contributed by atoms with Crippen molar-refractivity contribution in [3.63, 3.8) is 0 Å². The molecule has 0 aromatic rings. The maximum Gasteiger partial charge on any atom is 0.229 e. The van der Waals surface area contributed by atoms with Gasteiger partial charge in [0.05, 0.1) is 12.2 Å². The standard InChI is InChI=1S/C20H28O3/c1-5-7-8-9-12-15-18-19(23-20(3,4)22-18)16-13-10-11-14-17(21)6-2/h6,18-19H,2,5,7-9,12,15-16H2,1,3-4H3/t18?,19-/m1/s1. The summed E-state index contributed by atoms with van der Waals surface area (Å²) in [6.07, 6.45) is 9.03. The minimum Gasteiger partial charge on any atom is -0.345 e. The van der Waals surface area contributed by atoms with E-state index in [2.05, 4.69) is 37.2 Å². The van der Waals surface area contributed by atoms with Crippen LogP contribution in [0, 0.1) is 23.7 Å². The second-order valence-corrected chi connectivity index (χ2v) is 6.24. The molecule has 0 N–H and O–H groups in total. The third-order valence-corrected chi connectivity index (χ3v) is 3.70. The Bertz CT molecular complexity index is 510. The SMILES string of the molecule is C=CC(=O)C#CC#CC[C@H]1OC(C)(C)OC1CCCCCCC. The molecule has 3 heteroatoms. The Hall–Kier alpha value is -1.55. The van der Waals surface area contributed by atoms with Crippen LogP contribution < -0.4 is 0 Å². The van der Waals surface area contributed by atoms with Crippen LogP contribution in [0.3, 0.4) is 0 Å². The highest BCUT2D eigenvalue weighted by Crippen LogP contribution is 2.32. The number of hydrogen-bond acceptors (Lipinski definition) is 3. The molecule has 0 saturated carbocycles. The van der Waals surface area contributed by atoms with Crippen LogP contribution in [0.25, 0.3) is 0 Å². The van der Waals surface area contributed by atoms with Crippen molar-refractivity contribution in [2.24, 2.45) is 0 Å². The molecule has 0 radical (unpaired) electrons. The number of carbonyl (C=O) groups excluding carboxylic acids is 1. The lowest BCUT2D eigenvalue weighted by Crippen LogP contribution is -2.21. The molecule has 0 aliphatic carbocycles. The van der Waals surface area contributed by atoms with E-state index in [1.807, 2.05) is 13.8 Å². The summed E-state index contributed by atoms with van der Waals surface area (Å²) in [6.45, 7) is 9.45. The van der Waals surface area contributed by atoms with Gasteiger partial charge in [0.2, 0.25) is 5.78 Å². The fourth-order valence-corrected chi connectivity index (χ4v) is 2.62. The maximum atomic E-state index is 11.0. The van der Waals surface area contributed by atoms with E-state index in [-0.39, 0.29) is 18.0 Å². The molecule has 1 unspecified atom stereocenters. The van der Waals surface area contributed by atoms with Gasteiger partial charge in [0.1, 0.15) is 0 Å². The van der Waals surface area contributed by atoms with Crippen molar-refractivity contribution in [3.05, 3.63) is 12.7 Å². The normalized spacial score (nSPS) is 21.7. The van der Waals surface area contributed by atoms with Gasteiger partial charge in [-0.25, -0.2) is 0 Å². The molecular weight excluding hydrogens is 288 g/mol. The van der Waals surface area contributed by atoms with Crippen molar-refractivity contribution in [2.75, 3.05) is 0 Å². The van der Waals surface area contributed by atoms with Gasteiger partial charge in [-0.3, -0.25) is 4.79 Å². The average molecular weight is 316 g/mol. The van der Waals surface area contributed by atoms with Gasteiger partial charge >= 0.3 is 0 Å². The summed E-state index contributed by atoms with van der Waals surface area (Å²) in [7, 11) is 0. The molecule has 23 heavy (non-hydrogen) atoms. The smallest absolute Gasteiger partial charge is 0.229 e. The third-order valence-electron chi connectivity index (χ3n) is 3.70. The fraction of sp³-hybridized carbons (Fsp3) is 0.650. The molecule has 2 atom stereocenters. The fourth-order valence-electron chi connectivity index (χ4n) is 2.62. The van der Waals surface area contributed by atoms with Crippen LogP contribution in [0.1, 0.15) is 65.7 Å². The third kappa shape index (κ3) is 8.03. The zero-order valence-corrected chi connectivity index (χ0v) is 14.6. The number of rotatable bonds is 8. The van der Waals surface area contributed by atoms with E-state index in [9.17, 15) is 4.79 Å². The van der Waals surface area contributed by atoms with E-state index < -0.39 is 5.79 Å². The van der Waals surface area contributed by atoms with Crippen LogP contribution >= 0.6 is 0 Å². The number of ketones is 1. The van der Waals surface area contributed by atoms with E-state index >= 15 is 0 Å².